The average Bonchev–Trinajstić information content (AvgIpc) is 2.56. The standard InChI is InChI=1S/C20H31N3O3/c1-13(2)17-10-5-14(3)11-18(17)23-20(25)22-16-8-6-15(7-9-16)21-19(24)12-26-4/h6-9,13-14,17-18H,5,10-12H2,1-4H3,(H,21,24)(H2,22,23,25)/t14-,17-,18-/m1/s1. The van der Waals surface area contributed by atoms with Crippen molar-refractivity contribution in [3.05, 3.63) is 24.3 Å². The molecule has 1 saturated carbocycles. The van der Waals surface area contributed by atoms with E-state index in [1.54, 1.807) is 24.3 Å². The highest BCUT2D eigenvalue weighted by Gasteiger charge is 2.31. The molecule has 0 unspecified atom stereocenters. The number of benzene rings is 1. The first-order valence-electron chi connectivity index (χ1n) is 9.35. The Labute approximate surface area is 156 Å². The number of hydrogen-bond donors (Lipinski definition) is 3. The van der Waals surface area contributed by atoms with Gasteiger partial charge >= 0.3 is 6.03 Å². The molecule has 1 aliphatic carbocycles. The lowest BCUT2D eigenvalue weighted by molar-refractivity contribution is -0.119. The summed E-state index contributed by atoms with van der Waals surface area (Å²) in [6.45, 7) is 6.71. The Morgan fingerprint density at radius 3 is 2.31 bits per heavy atom. The van der Waals surface area contributed by atoms with Crippen LogP contribution in [0, 0.1) is 17.8 Å². The molecule has 3 N–H and O–H groups in total. The molecule has 0 heterocycles. The molecule has 0 aromatic heterocycles. The van der Waals surface area contributed by atoms with E-state index in [0.29, 0.717) is 29.1 Å². The number of anilines is 2. The molecule has 0 saturated heterocycles. The first-order valence-corrected chi connectivity index (χ1v) is 9.35. The van der Waals surface area contributed by atoms with Gasteiger partial charge in [-0.3, -0.25) is 4.79 Å². The lowest BCUT2D eigenvalue weighted by Gasteiger charge is -2.37. The fraction of sp³-hybridized carbons (Fsp3) is 0.600. The van der Waals surface area contributed by atoms with E-state index in [9.17, 15) is 9.59 Å². The monoisotopic (exact) mass is 361 g/mol. The molecule has 6 nitrogen and oxygen atoms in total. The molecular weight excluding hydrogens is 330 g/mol. The van der Waals surface area contributed by atoms with E-state index in [0.717, 1.165) is 6.42 Å². The normalized spacial score (nSPS) is 22.7. The molecule has 144 valence electrons. The van der Waals surface area contributed by atoms with Crippen molar-refractivity contribution in [1.82, 2.24) is 5.32 Å². The highest BCUT2D eigenvalue weighted by molar-refractivity contribution is 5.93. The second-order valence-electron chi connectivity index (χ2n) is 7.59. The van der Waals surface area contributed by atoms with Crippen molar-refractivity contribution >= 4 is 23.3 Å². The van der Waals surface area contributed by atoms with Crippen molar-refractivity contribution in [3.8, 4) is 0 Å². The van der Waals surface area contributed by atoms with Gasteiger partial charge in [-0.2, -0.15) is 0 Å². The summed E-state index contributed by atoms with van der Waals surface area (Å²) in [5.41, 5.74) is 1.36. The number of nitrogens with one attached hydrogen (secondary N) is 3. The highest BCUT2D eigenvalue weighted by Crippen LogP contribution is 2.33. The maximum atomic E-state index is 12.4. The highest BCUT2D eigenvalue weighted by atomic mass is 16.5. The molecule has 1 aliphatic rings. The molecule has 0 bridgehead atoms. The quantitative estimate of drug-likeness (QED) is 0.720. The molecule has 6 heteroatoms. The smallest absolute Gasteiger partial charge is 0.319 e. The van der Waals surface area contributed by atoms with Crippen LogP contribution in [0.2, 0.25) is 0 Å². The van der Waals surface area contributed by atoms with Gasteiger partial charge < -0.3 is 20.7 Å². The van der Waals surface area contributed by atoms with Crippen molar-refractivity contribution in [2.24, 2.45) is 17.8 Å². The second kappa shape index (κ2) is 9.57. The van der Waals surface area contributed by atoms with Crippen LogP contribution in [0.4, 0.5) is 16.2 Å². The summed E-state index contributed by atoms with van der Waals surface area (Å²) >= 11 is 0. The SMILES string of the molecule is COCC(=O)Nc1ccc(NC(=O)N[C@@H]2C[C@H](C)CC[C@@H]2C(C)C)cc1. The maximum Gasteiger partial charge on any atom is 0.319 e. The predicted molar refractivity (Wildman–Crippen MR) is 104 cm³/mol. The zero-order chi connectivity index (χ0) is 19.1. The average molecular weight is 361 g/mol. The Bertz CT molecular complexity index is 601. The Morgan fingerprint density at radius 2 is 1.73 bits per heavy atom. The third-order valence-electron chi connectivity index (χ3n) is 5.04. The molecule has 0 radical (unpaired) electrons. The van der Waals surface area contributed by atoms with E-state index in [1.807, 2.05) is 0 Å². The molecule has 1 aromatic rings. The largest absolute Gasteiger partial charge is 0.375 e. The lowest BCUT2D eigenvalue weighted by Crippen LogP contribution is -2.47. The Balaban J connectivity index is 1.89. The number of carbonyl (C=O) groups is 2. The van der Waals surface area contributed by atoms with E-state index in [2.05, 4.69) is 36.7 Å². The minimum absolute atomic E-state index is 0.0131. The minimum atomic E-state index is -0.211. The van der Waals surface area contributed by atoms with Gasteiger partial charge in [0, 0.05) is 24.5 Å². The summed E-state index contributed by atoms with van der Waals surface area (Å²) in [6, 6.07) is 7.08. The van der Waals surface area contributed by atoms with Crippen LogP contribution >= 0.6 is 0 Å². The van der Waals surface area contributed by atoms with Gasteiger partial charge in [0.1, 0.15) is 6.61 Å². The van der Waals surface area contributed by atoms with Gasteiger partial charge in [-0.15, -0.1) is 0 Å². The van der Waals surface area contributed by atoms with Crippen LogP contribution in [0.25, 0.3) is 0 Å². The van der Waals surface area contributed by atoms with Gasteiger partial charge in [-0.1, -0.05) is 27.2 Å². The summed E-state index contributed by atoms with van der Waals surface area (Å²) in [7, 11) is 1.47. The lowest BCUT2D eigenvalue weighted by atomic mass is 9.74. The maximum absolute atomic E-state index is 12.4. The fourth-order valence-corrected chi connectivity index (χ4v) is 3.67. The summed E-state index contributed by atoms with van der Waals surface area (Å²) in [5.74, 6) is 1.51. The van der Waals surface area contributed by atoms with Gasteiger partial charge in [-0.25, -0.2) is 4.79 Å². The molecule has 0 spiro atoms. The number of hydrogen-bond acceptors (Lipinski definition) is 3. The summed E-state index contributed by atoms with van der Waals surface area (Å²) in [6.07, 6.45) is 3.43. The summed E-state index contributed by atoms with van der Waals surface area (Å²) < 4.78 is 4.78. The van der Waals surface area contributed by atoms with Crippen LogP contribution in [0.1, 0.15) is 40.0 Å². The van der Waals surface area contributed by atoms with Gasteiger partial charge in [0.25, 0.3) is 0 Å². The number of carbonyl (C=O) groups excluding carboxylic acids is 2. The van der Waals surface area contributed by atoms with Crippen LogP contribution < -0.4 is 16.0 Å². The molecular formula is C20H31N3O3. The van der Waals surface area contributed by atoms with Crippen LogP contribution in [-0.4, -0.2) is 31.7 Å². The van der Waals surface area contributed by atoms with Crippen LogP contribution in [0.3, 0.4) is 0 Å². The molecule has 0 aliphatic heterocycles. The van der Waals surface area contributed by atoms with Gasteiger partial charge in [-0.05, 0) is 54.9 Å². The van der Waals surface area contributed by atoms with Gasteiger partial charge in [0.05, 0.1) is 0 Å². The second-order valence-corrected chi connectivity index (χ2v) is 7.59. The van der Waals surface area contributed by atoms with Gasteiger partial charge in [0.2, 0.25) is 5.91 Å². The van der Waals surface area contributed by atoms with Crippen LogP contribution in [0.15, 0.2) is 24.3 Å². The van der Waals surface area contributed by atoms with E-state index < -0.39 is 0 Å². The Hall–Kier alpha value is -2.08. The van der Waals surface area contributed by atoms with Crippen molar-refractivity contribution < 1.29 is 14.3 Å². The third-order valence-corrected chi connectivity index (χ3v) is 5.04. The van der Waals surface area contributed by atoms with E-state index in [-0.39, 0.29) is 24.6 Å². The number of rotatable bonds is 6. The molecule has 1 aromatic carbocycles. The van der Waals surface area contributed by atoms with Crippen molar-refractivity contribution in [3.63, 3.8) is 0 Å². The zero-order valence-electron chi connectivity index (χ0n) is 16.2. The number of amides is 3. The first kappa shape index (κ1) is 20.2. The molecule has 1 fully saturated rings. The van der Waals surface area contributed by atoms with E-state index >= 15 is 0 Å². The minimum Gasteiger partial charge on any atom is -0.375 e. The fourth-order valence-electron chi connectivity index (χ4n) is 3.67. The third kappa shape index (κ3) is 6.02. The van der Waals surface area contributed by atoms with Crippen molar-refractivity contribution in [2.45, 2.75) is 46.1 Å². The predicted octanol–water partition coefficient (Wildman–Crippen LogP) is 3.85. The Morgan fingerprint density at radius 1 is 1.12 bits per heavy atom. The first-order chi connectivity index (χ1) is 12.4. The zero-order valence-corrected chi connectivity index (χ0v) is 16.2. The summed E-state index contributed by atoms with van der Waals surface area (Å²) in [4.78, 5) is 23.9. The number of ether oxygens (including phenoxy) is 1. The van der Waals surface area contributed by atoms with Gasteiger partial charge in [0.15, 0.2) is 0 Å². The van der Waals surface area contributed by atoms with E-state index in [4.69, 9.17) is 4.74 Å². The van der Waals surface area contributed by atoms with Crippen molar-refractivity contribution in [1.29, 1.82) is 0 Å². The van der Waals surface area contributed by atoms with Crippen LogP contribution in [0.5, 0.6) is 0 Å². The molecule has 26 heavy (non-hydrogen) atoms. The Kier molecular flexibility index (Phi) is 7.45. The molecule has 2 rings (SSSR count). The number of methoxy groups -OCH3 is 1. The topological polar surface area (TPSA) is 79.5 Å². The van der Waals surface area contributed by atoms with E-state index in [1.165, 1.54) is 20.0 Å². The molecule has 3 amide bonds. The number of urea groups is 1. The van der Waals surface area contributed by atoms with Crippen molar-refractivity contribution in [2.75, 3.05) is 24.4 Å². The summed E-state index contributed by atoms with van der Waals surface area (Å²) in [5, 5.41) is 8.76. The molecule has 3 atom stereocenters. The van der Waals surface area contributed by atoms with Crippen LogP contribution in [-0.2, 0) is 9.53 Å².